The van der Waals surface area contributed by atoms with E-state index in [1.54, 1.807) is 30.3 Å². The second-order valence-corrected chi connectivity index (χ2v) is 9.79. The van der Waals surface area contributed by atoms with E-state index in [2.05, 4.69) is 26.3 Å². The molecule has 3 aromatic carbocycles. The number of amides is 1. The van der Waals surface area contributed by atoms with Crippen molar-refractivity contribution in [3.8, 4) is 17.2 Å². The SMILES string of the molecule is CC[C@@H](C)c1nc2ccc(Br)cc2c(=O)n1N=Cc1cc(OC)c(OCC(=O)Nc2ccccc2F)c(OC)c1. The zero-order valence-electron chi connectivity index (χ0n) is 22.4. The van der Waals surface area contributed by atoms with Crippen molar-refractivity contribution in [2.75, 3.05) is 26.1 Å². The fraction of sp³-hybridized carbons (Fsp3) is 0.241. The standard InChI is InChI=1S/C29H28BrFN4O5/c1-5-17(2)28-34-22-11-10-19(30)14-20(22)29(37)35(28)32-15-18-12-24(38-3)27(25(13-18)39-4)40-16-26(36)33-23-9-7-6-8-21(23)31/h6-15,17H,5,16H2,1-4H3,(H,33,36)/t17-/m1/s1. The number of para-hydroxylation sites is 1. The zero-order chi connectivity index (χ0) is 28.8. The third kappa shape index (κ3) is 6.31. The Hall–Kier alpha value is -4.25. The van der Waals surface area contributed by atoms with Crippen molar-refractivity contribution in [2.24, 2.45) is 5.10 Å². The molecule has 1 atom stereocenters. The largest absolute Gasteiger partial charge is 0.493 e. The van der Waals surface area contributed by atoms with Crippen LogP contribution in [0.3, 0.4) is 0 Å². The van der Waals surface area contributed by atoms with Gasteiger partial charge in [-0.2, -0.15) is 9.78 Å². The molecule has 0 radical (unpaired) electrons. The fourth-order valence-electron chi connectivity index (χ4n) is 3.91. The molecule has 208 valence electrons. The molecule has 0 bridgehead atoms. The van der Waals surface area contributed by atoms with Gasteiger partial charge in [0.1, 0.15) is 11.6 Å². The van der Waals surface area contributed by atoms with Gasteiger partial charge in [-0.1, -0.05) is 41.9 Å². The predicted molar refractivity (Wildman–Crippen MR) is 155 cm³/mol. The Balaban J connectivity index is 1.64. The summed E-state index contributed by atoms with van der Waals surface area (Å²) in [5.74, 6) is 0.128. The number of methoxy groups -OCH3 is 2. The highest BCUT2D eigenvalue weighted by atomic mass is 79.9. The Kier molecular flexibility index (Phi) is 9.15. The number of anilines is 1. The zero-order valence-corrected chi connectivity index (χ0v) is 24.0. The van der Waals surface area contributed by atoms with Crippen molar-refractivity contribution in [1.82, 2.24) is 9.66 Å². The minimum Gasteiger partial charge on any atom is -0.493 e. The van der Waals surface area contributed by atoms with Crippen LogP contribution in [-0.2, 0) is 4.79 Å². The molecule has 1 amide bonds. The molecule has 0 saturated carbocycles. The maximum Gasteiger partial charge on any atom is 0.282 e. The van der Waals surface area contributed by atoms with E-state index >= 15 is 0 Å². The van der Waals surface area contributed by atoms with Crippen molar-refractivity contribution >= 4 is 44.6 Å². The Morgan fingerprint density at radius 2 is 1.85 bits per heavy atom. The molecule has 0 spiro atoms. The van der Waals surface area contributed by atoms with E-state index in [0.29, 0.717) is 22.3 Å². The average Bonchev–Trinajstić information content (AvgIpc) is 2.96. The highest BCUT2D eigenvalue weighted by Gasteiger charge is 2.18. The number of nitrogens with zero attached hydrogens (tertiary/aromatic N) is 3. The van der Waals surface area contributed by atoms with Crippen LogP contribution in [0.5, 0.6) is 17.2 Å². The summed E-state index contributed by atoms with van der Waals surface area (Å²) in [7, 11) is 2.89. The summed E-state index contributed by atoms with van der Waals surface area (Å²) in [6, 6.07) is 14.5. The second-order valence-electron chi connectivity index (χ2n) is 8.87. The number of carbonyl (C=O) groups is 1. The summed E-state index contributed by atoms with van der Waals surface area (Å²) in [6.45, 7) is 3.58. The van der Waals surface area contributed by atoms with Gasteiger partial charge in [-0.3, -0.25) is 9.59 Å². The summed E-state index contributed by atoms with van der Waals surface area (Å²) in [4.78, 5) is 30.5. The van der Waals surface area contributed by atoms with E-state index in [0.717, 1.165) is 10.9 Å². The summed E-state index contributed by atoms with van der Waals surface area (Å²) in [6.07, 6.45) is 2.26. The molecule has 0 saturated heterocycles. The first-order valence-electron chi connectivity index (χ1n) is 12.5. The minimum absolute atomic E-state index is 0.0201. The van der Waals surface area contributed by atoms with Gasteiger partial charge in [0.05, 0.1) is 37.0 Å². The van der Waals surface area contributed by atoms with E-state index in [-0.39, 0.29) is 34.4 Å². The summed E-state index contributed by atoms with van der Waals surface area (Å²) >= 11 is 3.41. The van der Waals surface area contributed by atoms with Crippen LogP contribution in [0, 0.1) is 5.82 Å². The number of hydrogen-bond acceptors (Lipinski definition) is 7. The van der Waals surface area contributed by atoms with Gasteiger partial charge < -0.3 is 19.5 Å². The van der Waals surface area contributed by atoms with Crippen molar-refractivity contribution < 1.29 is 23.4 Å². The van der Waals surface area contributed by atoms with Crippen LogP contribution in [0.4, 0.5) is 10.1 Å². The first-order valence-corrected chi connectivity index (χ1v) is 13.2. The maximum atomic E-state index is 13.9. The van der Waals surface area contributed by atoms with Gasteiger partial charge in [0, 0.05) is 16.0 Å². The van der Waals surface area contributed by atoms with E-state index in [1.807, 2.05) is 19.9 Å². The Bertz CT molecular complexity index is 1610. The maximum absolute atomic E-state index is 13.9. The third-order valence-electron chi connectivity index (χ3n) is 6.19. The first kappa shape index (κ1) is 28.8. The van der Waals surface area contributed by atoms with E-state index in [1.165, 1.54) is 43.3 Å². The van der Waals surface area contributed by atoms with Crippen LogP contribution in [0.1, 0.15) is 37.6 Å². The number of benzene rings is 3. The summed E-state index contributed by atoms with van der Waals surface area (Å²) in [5.41, 5.74) is 0.897. The van der Waals surface area contributed by atoms with Crippen LogP contribution < -0.4 is 25.1 Å². The first-order chi connectivity index (χ1) is 19.2. The second kappa shape index (κ2) is 12.7. The third-order valence-corrected chi connectivity index (χ3v) is 6.68. The van der Waals surface area contributed by atoms with Gasteiger partial charge in [-0.25, -0.2) is 9.37 Å². The van der Waals surface area contributed by atoms with Gasteiger partial charge in [0.25, 0.3) is 11.5 Å². The molecule has 1 aromatic heterocycles. The minimum atomic E-state index is -0.563. The summed E-state index contributed by atoms with van der Waals surface area (Å²) < 4.78 is 32.6. The molecule has 11 heteroatoms. The van der Waals surface area contributed by atoms with Crippen LogP contribution in [0.15, 0.2) is 69.0 Å². The molecule has 0 fully saturated rings. The average molecular weight is 611 g/mol. The number of ether oxygens (including phenoxy) is 3. The Morgan fingerprint density at radius 1 is 1.15 bits per heavy atom. The lowest BCUT2D eigenvalue weighted by atomic mass is 10.1. The van der Waals surface area contributed by atoms with Gasteiger partial charge in [0.15, 0.2) is 18.1 Å². The molecule has 0 aliphatic carbocycles. The molecule has 0 aliphatic heterocycles. The van der Waals surface area contributed by atoms with Gasteiger partial charge in [0.2, 0.25) is 5.75 Å². The smallest absolute Gasteiger partial charge is 0.282 e. The monoisotopic (exact) mass is 610 g/mol. The molecular weight excluding hydrogens is 583 g/mol. The molecule has 4 aromatic rings. The van der Waals surface area contributed by atoms with Crippen LogP contribution in [0.25, 0.3) is 10.9 Å². The molecular formula is C29H28BrFN4O5. The van der Waals surface area contributed by atoms with Crippen molar-refractivity contribution in [2.45, 2.75) is 26.2 Å². The number of hydrogen-bond donors (Lipinski definition) is 1. The molecule has 1 N–H and O–H groups in total. The molecule has 0 unspecified atom stereocenters. The predicted octanol–water partition coefficient (Wildman–Crippen LogP) is 5.73. The van der Waals surface area contributed by atoms with Crippen LogP contribution in [0.2, 0.25) is 0 Å². The topological polar surface area (TPSA) is 104 Å². The van der Waals surface area contributed by atoms with E-state index in [4.69, 9.17) is 19.2 Å². The highest BCUT2D eigenvalue weighted by molar-refractivity contribution is 9.10. The normalized spacial score (nSPS) is 11.9. The number of halogens is 2. The highest BCUT2D eigenvalue weighted by Crippen LogP contribution is 2.38. The van der Waals surface area contributed by atoms with Crippen LogP contribution >= 0.6 is 15.9 Å². The van der Waals surface area contributed by atoms with Gasteiger partial charge in [-0.05, 0) is 48.9 Å². The number of rotatable bonds is 10. The Labute approximate surface area is 238 Å². The lowest BCUT2D eigenvalue weighted by Crippen LogP contribution is -2.23. The van der Waals surface area contributed by atoms with Gasteiger partial charge in [-0.15, -0.1) is 0 Å². The number of nitrogens with one attached hydrogen (secondary N) is 1. The molecule has 9 nitrogen and oxygen atoms in total. The fourth-order valence-corrected chi connectivity index (χ4v) is 4.27. The number of aromatic nitrogens is 2. The number of fused-ring (bicyclic) bond motifs is 1. The molecule has 40 heavy (non-hydrogen) atoms. The molecule has 4 rings (SSSR count). The van der Waals surface area contributed by atoms with E-state index in [9.17, 15) is 14.0 Å². The van der Waals surface area contributed by atoms with Gasteiger partial charge >= 0.3 is 0 Å². The lowest BCUT2D eigenvalue weighted by Gasteiger charge is -2.16. The lowest BCUT2D eigenvalue weighted by molar-refractivity contribution is -0.118. The van der Waals surface area contributed by atoms with Crippen molar-refractivity contribution in [3.63, 3.8) is 0 Å². The van der Waals surface area contributed by atoms with E-state index < -0.39 is 18.3 Å². The summed E-state index contributed by atoms with van der Waals surface area (Å²) in [5, 5.41) is 7.38. The number of carbonyl (C=O) groups excluding carboxylic acids is 1. The molecule has 1 heterocycles. The van der Waals surface area contributed by atoms with Crippen LogP contribution in [-0.4, -0.2) is 42.6 Å². The van der Waals surface area contributed by atoms with Crippen molar-refractivity contribution in [3.05, 3.63) is 86.6 Å². The molecule has 0 aliphatic rings. The van der Waals surface area contributed by atoms with Crippen molar-refractivity contribution in [1.29, 1.82) is 0 Å². The quantitative estimate of drug-likeness (QED) is 0.230. The Morgan fingerprint density at radius 3 is 2.50 bits per heavy atom.